The van der Waals surface area contributed by atoms with Crippen molar-refractivity contribution < 1.29 is 21.6 Å². The minimum Gasteiger partial charge on any atom is -0.377 e. The van der Waals surface area contributed by atoms with Crippen LogP contribution in [0.1, 0.15) is 12.8 Å². The fourth-order valence-electron chi connectivity index (χ4n) is 2.00. The van der Waals surface area contributed by atoms with Crippen molar-refractivity contribution in [3.8, 4) is 0 Å². The van der Waals surface area contributed by atoms with Gasteiger partial charge in [-0.3, -0.25) is 4.72 Å². The zero-order chi connectivity index (χ0) is 15.7. The van der Waals surface area contributed by atoms with Crippen molar-refractivity contribution in [1.29, 1.82) is 0 Å². The van der Waals surface area contributed by atoms with Crippen LogP contribution in [0.25, 0.3) is 0 Å². The van der Waals surface area contributed by atoms with E-state index in [1.165, 1.54) is 12.1 Å². The zero-order valence-electron chi connectivity index (χ0n) is 10.8. The van der Waals surface area contributed by atoms with Gasteiger partial charge in [-0.1, -0.05) is 11.6 Å². The number of ether oxygens (including phenoxy) is 1. The van der Waals surface area contributed by atoms with Gasteiger partial charge in [-0.2, -0.15) is 0 Å². The summed E-state index contributed by atoms with van der Waals surface area (Å²) < 4.78 is 54.0. The summed E-state index contributed by atoms with van der Waals surface area (Å²) in [5.74, 6) is -0.153. The third kappa shape index (κ3) is 4.72. The molecule has 0 bridgehead atoms. The molecule has 1 aliphatic rings. The third-order valence-electron chi connectivity index (χ3n) is 2.90. The maximum atomic E-state index is 12.0. The van der Waals surface area contributed by atoms with E-state index in [4.69, 9.17) is 27.0 Å². The Bertz CT molecular complexity index is 727. The lowest BCUT2D eigenvalue weighted by atomic mass is 10.3. The summed E-state index contributed by atoms with van der Waals surface area (Å²) in [6.45, 7) is 0.564. The van der Waals surface area contributed by atoms with E-state index in [0.29, 0.717) is 13.0 Å². The van der Waals surface area contributed by atoms with Gasteiger partial charge >= 0.3 is 0 Å². The van der Waals surface area contributed by atoms with Crippen LogP contribution in [-0.2, 0) is 23.8 Å². The Morgan fingerprint density at radius 1 is 1.29 bits per heavy atom. The SMILES string of the molecule is O=S(=O)(CC1CCCO1)Nc1ccc(S(=O)(=O)Cl)c(Cl)c1. The van der Waals surface area contributed by atoms with Gasteiger partial charge < -0.3 is 4.74 Å². The van der Waals surface area contributed by atoms with E-state index in [-0.39, 0.29) is 27.5 Å². The molecular formula is C11H13Cl2NO5S2. The second kappa shape index (κ2) is 6.29. The molecule has 21 heavy (non-hydrogen) atoms. The minimum atomic E-state index is -3.97. The Labute approximate surface area is 132 Å². The molecule has 0 saturated carbocycles. The largest absolute Gasteiger partial charge is 0.377 e. The lowest BCUT2D eigenvalue weighted by Crippen LogP contribution is -2.25. The number of halogens is 2. The second-order valence-electron chi connectivity index (χ2n) is 4.60. The van der Waals surface area contributed by atoms with E-state index in [2.05, 4.69) is 4.72 Å². The van der Waals surface area contributed by atoms with Crippen LogP contribution >= 0.6 is 22.3 Å². The van der Waals surface area contributed by atoms with Crippen molar-refractivity contribution in [3.63, 3.8) is 0 Å². The van der Waals surface area contributed by atoms with Gasteiger partial charge in [0.1, 0.15) is 4.90 Å². The molecule has 1 heterocycles. The molecule has 1 unspecified atom stereocenters. The predicted octanol–water partition coefficient (Wildman–Crippen LogP) is 2.19. The highest BCUT2D eigenvalue weighted by atomic mass is 35.7. The summed E-state index contributed by atoms with van der Waals surface area (Å²) in [6.07, 6.45) is 1.22. The Balaban J connectivity index is 2.14. The van der Waals surface area contributed by atoms with Gasteiger partial charge in [0.2, 0.25) is 10.0 Å². The summed E-state index contributed by atoms with van der Waals surface area (Å²) in [7, 11) is -2.37. The van der Waals surface area contributed by atoms with Gasteiger partial charge in [0.25, 0.3) is 9.05 Å². The molecule has 2 rings (SSSR count). The molecule has 0 spiro atoms. The first-order chi connectivity index (χ1) is 9.67. The lowest BCUT2D eigenvalue weighted by Gasteiger charge is -2.12. The van der Waals surface area contributed by atoms with Gasteiger partial charge in [-0.05, 0) is 31.0 Å². The van der Waals surface area contributed by atoms with Gasteiger partial charge in [0.15, 0.2) is 0 Å². The predicted molar refractivity (Wildman–Crippen MR) is 80.9 cm³/mol. The van der Waals surface area contributed by atoms with E-state index in [0.717, 1.165) is 12.5 Å². The number of benzene rings is 1. The zero-order valence-corrected chi connectivity index (χ0v) is 13.9. The fourth-order valence-corrected chi connectivity index (χ4v) is 4.86. The molecule has 1 aliphatic heterocycles. The summed E-state index contributed by atoms with van der Waals surface area (Å²) in [5, 5.41) is -0.151. The number of sulfonamides is 1. The molecule has 1 fully saturated rings. The number of hydrogen-bond donors (Lipinski definition) is 1. The van der Waals surface area contributed by atoms with E-state index in [9.17, 15) is 16.8 Å². The van der Waals surface area contributed by atoms with Gasteiger partial charge in [-0.15, -0.1) is 0 Å². The quantitative estimate of drug-likeness (QED) is 0.798. The fraction of sp³-hybridized carbons (Fsp3) is 0.455. The first-order valence-corrected chi connectivity index (χ1v) is 10.4. The van der Waals surface area contributed by atoms with Gasteiger partial charge in [-0.25, -0.2) is 16.8 Å². The Morgan fingerprint density at radius 3 is 2.52 bits per heavy atom. The van der Waals surface area contributed by atoms with E-state index < -0.39 is 19.1 Å². The van der Waals surface area contributed by atoms with Crippen LogP contribution in [0.15, 0.2) is 23.1 Å². The molecule has 6 nitrogen and oxygen atoms in total. The molecule has 0 aliphatic carbocycles. The molecule has 1 saturated heterocycles. The van der Waals surface area contributed by atoms with Crippen molar-refractivity contribution in [3.05, 3.63) is 23.2 Å². The van der Waals surface area contributed by atoms with Crippen LogP contribution in [0.2, 0.25) is 5.02 Å². The van der Waals surface area contributed by atoms with Crippen LogP contribution in [0.3, 0.4) is 0 Å². The highest BCUT2D eigenvalue weighted by Gasteiger charge is 2.24. The average Bonchev–Trinajstić information content (AvgIpc) is 2.78. The number of nitrogens with one attached hydrogen (secondary N) is 1. The molecule has 1 aromatic carbocycles. The average molecular weight is 374 g/mol. The minimum absolute atomic E-state index is 0.151. The van der Waals surface area contributed by atoms with E-state index in [1.807, 2.05) is 0 Å². The van der Waals surface area contributed by atoms with Crippen LogP contribution < -0.4 is 4.72 Å². The Morgan fingerprint density at radius 2 is 2.00 bits per heavy atom. The van der Waals surface area contributed by atoms with E-state index >= 15 is 0 Å². The first-order valence-electron chi connectivity index (χ1n) is 6.04. The van der Waals surface area contributed by atoms with Crippen LogP contribution in [0, 0.1) is 0 Å². The Hall–Kier alpha value is -0.540. The maximum Gasteiger partial charge on any atom is 0.262 e. The van der Waals surface area contributed by atoms with Crippen molar-refractivity contribution in [2.75, 3.05) is 17.1 Å². The topological polar surface area (TPSA) is 89.5 Å². The molecular weight excluding hydrogens is 361 g/mol. The Kier molecular flexibility index (Phi) is 5.04. The molecule has 1 atom stereocenters. The van der Waals surface area contributed by atoms with Crippen molar-refractivity contribution >= 4 is 47.0 Å². The number of anilines is 1. The van der Waals surface area contributed by atoms with Gasteiger partial charge in [0.05, 0.1) is 22.6 Å². The molecule has 0 aromatic heterocycles. The molecule has 1 aromatic rings. The summed E-state index contributed by atoms with van der Waals surface area (Å²) >= 11 is 5.79. The molecule has 0 amide bonds. The van der Waals surface area contributed by atoms with Gasteiger partial charge in [0, 0.05) is 17.3 Å². The maximum absolute atomic E-state index is 12.0. The smallest absolute Gasteiger partial charge is 0.262 e. The number of hydrogen-bond acceptors (Lipinski definition) is 5. The standard InChI is InChI=1S/C11H13Cl2NO5S2/c12-10-6-8(3-4-11(10)21(13,17)18)14-20(15,16)7-9-2-1-5-19-9/h3-4,6,9,14H,1-2,5,7H2. The van der Waals surface area contributed by atoms with E-state index in [1.54, 1.807) is 0 Å². The molecule has 118 valence electrons. The van der Waals surface area contributed by atoms with Crippen LogP contribution in [0.5, 0.6) is 0 Å². The monoisotopic (exact) mass is 373 g/mol. The molecule has 0 radical (unpaired) electrons. The third-order valence-corrected chi connectivity index (χ3v) is 6.06. The van der Waals surface area contributed by atoms with Crippen LogP contribution in [-0.4, -0.2) is 35.3 Å². The second-order valence-corrected chi connectivity index (χ2v) is 9.31. The highest BCUT2D eigenvalue weighted by Crippen LogP contribution is 2.28. The van der Waals surface area contributed by atoms with Crippen LogP contribution in [0.4, 0.5) is 5.69 Å². The summed E-state index contributed by atoms with van der Waals surface area (Å²) in [6, 6.07) is 3.63. The highest BCUT2D eigenvalue weighted by molar-refractivity contribution is 8.13. The summed E-state index contributed by atoms with van der Waals surface area (Å²) in [5.41, 5.74) is 0.169. The van der Waals surface area contributed by atoms with Crippen molar-refractivity contribution in [2.45, 2.75) is 23.8 Å². The normalized spacial score (nSPS) is 19.6. The van der Waals surface area contributed by atoms with Crippen molar-refractivity contribution in [1.82, 2.24) is 0 Å². The first kappa shape index (κ1) is 16.8. The number of rotatable bonds is 5. The van der Waals surface area contributed by atoms with Crippen molar-refractivity contribution in [2.24, 2.45) is 0 Å². The molecule has 10 heteroatoms. The summed E-state index contributed by atoms with van der Waals surface area (Å²) in [4.78, 5) is -0.270. The lowest BCUT2D eigenvalue weighted by molar-refractivity contribution is 0.127. The molecule has 1 N–H and O–H groups in total.